The maximum Gasteiger partial charge on any atom is 0.261 e. The van der Waals surface area contributed by atoms with E-state index in [1.165, 1.54) is 10.9 Å². The normalized spacial score (nSPS) is 12.1. The number of nitrogens with zero attached hydrogens (tertiary/aromatic N) is 3. The third-order valence-electron chi connectivity index (χ3n) is 4.73. The molecule has 1 aromatic heterocycles. The number of halogens is 1. The third-order valence-corrected chi connectivity index (χ3v) is 5.22. The summed E-state index contributed by atoms with van der Waals surface area (Å²) in [5.41, 5.74) is 1.48. The van der Waals surface area contributed by atoms with E-state index in [1.54, 1.807) is 12.1 Å². The van der Waals surface area contributed by atoms with Gasteiger partial charge in [0.1, 0.15) is 6.54 Å². The van der Waals surface area contributed by atoms with Crippen LogP contribution >= 0.6 is 15.9 Å². The molecule has 0 radical (unpaired) electrons. The standard InChI is InChI=1S/C21H22BrN3O2/c1-3-15(2)25(12-16-7-5-4-6-8-16)20(26)13-24-14-23-19-10-9-17(22)11-18(19)21(24)27/h4-11,14-15H,3,12-13H2,1-2H3. The first-order valence-electron chi connectivity index (χ1n) is 8.97. The van der Waals surface area contributed by atoms with Gasteiger partial charge in [0.05, 0.1) is 17.2 Å². The number of fused-ring (bicyclic) bond motifs is 1. The van der Waals surface area contributed by atoms with Crippen molar-refractivity contribution in [2.45, 2.75) is 39.4 Å². The average molecular weight is 428 g/mol. The van der Waals surface area contributed by atoms with Crippen LogP contribution in [0.2, 0.25) is 0 Å². The summed E-state index contributed by atoms with van der Waals surface area (Å²) >= 11 is 3.38. The fourth-order valence-electron chi connectivity index (χ4n) is 2.97. The van der Waals surface area contributed by atoms with Gasteiger partial charge in [-0.2, -0.15) is 0 Å². The first-order chi connectivity index (χ1) is 13.0. The Morgan fingerprint density at radius 2 is 1.96 bits per heavy atom. The van der Waals surface area contributed by atoms with Crippen LogP contribution in [0.4, 0.5) is 0 Å². The van der Waals surface area contributed by atoms with Crippen LogP contribution in [-0.4, -0.2) is 26.4 Å². The molecule has 2 aromatic carbocycles. The number of carbonyl (C=O) groups is 1. The molecule has 1 amide bonds. The number of rotatable bonds is 6. The molecule has 0 saturated heterocycles. The van der Waals surface area contributed by atoms with E-state index in [-0.39, 0.29) is 24.1 Å². The largest absolute Gasteiger partial charge is 0.334 e. The summed E-state index contributed by atoms with van der Waals surface area (Å²) in [6, 6.07) is 15.3. The zero-order chi connectivity index (χ0) is 19.4. The second-order valence-corrected chi connectivity index (χ2v) is 7.52. The van der Waals surface area contributed by atoms with Crippen molar-refractivity contribution in [3.63, 3.8) is 0 Å². The van der Waals surface area contributed by atoms with Gasteiger partial charge in [0, 0.05) is 17.1 Å². The van der Waals surface area contributed by atoms with Crippen LogP contribution < -0.4 is 5.56 Å². The highest BCUT2D eigenvalue weighted by molar-refractivity contribution is 9.10. The van der Waals surface area contributed by atoms with E-state index >= 15 is 0 Å². The van der Waals surface area contributed by atoms with Gasteiger partial charge in [0.15, 0.2) is 0 Å². The number of benzene rings is 2. The molecule has 0 saturated carbocycles. The predicted octanol–water partition coefficient (Wildman–Crippen LogP) is 3.99. The second kappa shape index (κ2) is 8.48. The summed E-state index contributed by atoms with van der Waals surface area (Å²) < 4.78 is 2.19. The van der Waals surface area contributed by atoms with E-state index in [9.17, 15) is 9.59 Å². The predicted molar refractivity (Wildman–Crippen MR) is 110 cm³/mol. The fraction of sp³-hybridized carbons (Fsp3) is 0.286. The molecule has 6 heteroatoms. The van der Waals surface area contributed by atoms with Crippen molar-refractivity contribution in [2.24, 2.45) is 0 Å². The third kappa shape index (κ3) is 4.45. The highest BCUT2D eigenvalue weighted by Gasteiger charge is 2.20. The SMILES string of the molecule is CCC(C)N(Cc1ccccc1)C(=O)Cn1cnc2ccc(Br)cc2c1=O. The van der Waals surface area contributed by atoms with Crippen LogP contribution in [0.5, 0.6) is 0 Å². The summed E-state index contributed by atoms with van der Waals surface area (Å²) in [6.07, 6.45) is 2.30. The molecule has 3 aromatic rings. The number of hydrogen-bond donors (Lipinski definition) is 0. The first kappa shape index (κ1) is 19.3. The Labute approximate surface area is 166 Å². The average Bonchev–Trinajstić information content (AvgIpc) is 2.68. The van der Waals surface area contributed by atoms with E-state index in [4.69, 9.17) is 0 Å². The first-order valence-corrected chi connectivity index (χ1v) is 9.77. The lowest BCUT2D eigenvalue weighted by atomic mass is 10.1. The summed E-state index contributed by atoms with van der Waals surface area (Å²) in [7, 11) is 0. The van der Waals surface area contributed by atoms with Crippen molar-refractivity contribution in [3.05, 3.63) is 75.2 Å². The van der Waals surface area contributed by atoms with Crippen LogP contribution in [0.1, 0.15) is 25.8 Å². The Kier molecular flexibility index (Phi) is 6.06. The number of aromatic nitrogens is 2. The molecule has 0 aliphatic carbocycles. The molecule has 1 atom stereocenters. The number of hydrogen-bond acceptors (Lipinski definition) is 3. The monoisotopic (exact) mass is 427 g/mol. The van der Waals surface area contributed by atoms with Crippen molar-refractivity contribution in [1.82, 2.24) is 14.5 Å². The second-order valence-electron chi connectivity index (χ2n) is 6.60. The lowest BCUT2D eigenvalue weighted by molar-refractivity contribution is -0.134. The summed E-state index contributed by atoms with van der Waals surface area (Å²) in [5, 5.41) is 0.498. The molecule has 3 rings (SSSR count). The van der Waals surface area contributed by atoms with Gasteiger partial charge in [0.25, 0.3) is 5.56 Å². The summed E-state index contributed by atoms with van der Waals surface area (Å²) in [6.45, 7) is 4.58. The van der Waals surface area contributed by atoms with Crippen molar-refractivity contribution >= 4 is 32.7 Å². The molecular weight excluding hydrogens is 406 g/mol. The van der Waals surface area contributed by atoms with Gasteiger partial charge in [-0.3, -0.25) is 14.2 Å². The highest BCUT2D eigenvalue weighted by Crippen LogP contribution is 2.15. The van der Waals surface area contributed by atoms with E-state index in [2.05, 4.69) is 27.8 Å². The maximum atomic E-state index is 13.0. The van der Waals surface area contributed by atoms with Gasteiger partial charge in [-0.05, 0) is 37.1 Å². The maximum absolute atomic E-state index is 13.0. The molecule has 1 unspecified atom stereocenters. The Morgan fingerprint density at radius 3 is 2.67 bits per heavy atom. The number of carbonyl (C=O) groups excluding carboxylic acids is 1. The minimum absolute atomic E-state index is 0.0224. The molecule has 140 valence electrons. The Morgan fingerprint density at radius 1 is 1.22 bits per heavy atom. The highest BCUT2D eigenvalue weighted by atomic mass is 79.9. The van der Waals surface area contributed by atoms with Gasteiger partial charge < -0.3 is 4.90 Å². The number of amides is 1. The Bertz CT molecular complexity index is 1000. The van der Waals surface area contributed by atoms with Gasteiger partial charge in [0.2, 0.25) is 5.91 Å². The quantitative estimate of drug-likeness (QED) is 0.597. The van der Waals surface area contributed by atoms with Crippen LogP contribution in [0.25, 0.3) is 10.9 Å². The van der Waals surface area contributed by atoms with Crippen LogP contribution in [0, 0.1) is 0 Å². The van der Waals surface area contributed by atoms with Gasteiger partial charge in [-0.15, -0.1) is 0 Å². The fourth-order valence-corrected chi connectivity index (χ4v) is 3.33. The van der Waals surface area contributed by atoms with Gasteiger partial charge in [-0.25, -0.2) is 4.98 Å². The minimum Gasteiger partial charge on any atom is -0.334 e. The van der Waals surface area contributed by atoms with Crippen molar-refractivity contribution in [1.29, 1.82) is 0 Å². The molecule has 0 aliphatic heterocycles. The van der Waals surface area contributed by atoms with Crippen molar-refractivity contribution < 1.29 is 4.79 Å². The molecular formula is C21H22BrN3O2. The summed E-state index contributed by atoms with van der Waals surface area (Å²) in [5.74, 6) is -0.0913. The smallest absolute Gasteiger partial charge is 0.261 e. The zero-order valence-corrected chi connectivity index (χ0v) is 17.0. The van der Waals surface area contributed by atoms with E-state index in [0.29, 0.717) is 17.4 Å². The molecule has 5 nitrogen and oxygen atoms in total. The molecule has 0 N–H and O–H groups in total. The van der Waals surface area contributed by atoms with Crippen LogP contribution in [-0.2, 0) is 17.9 Å². The molecule has 0 bridgehead atoms. The van der Waals surface area contributed by atoms with Crippen molar-refractivity contribution in [2.75, 3.05) is 0 Å². The molecule has 27 heavy (non-hydrogen) atoms. The Hall–Kier alpha value is -2.47. The van der Waals surface area contributed by atoms with Gasteiger partial charge in [-0.1, -0.05) is 53.2 Å². The minimum atomic E-state index is -0.210. The molecule has 0 aliphatic rings. The zero-order valence-electron chi connectivity index (χ0n) is 15.4. The topological polar surface area (TPSA) is 55.2 Å². The van der Waals surface area contributed by atoms with Crippen molar-refractivity contribution in [3.8, 4) is 0 Å². The Balaban J connectivity index is 1.88. The summed E-state index contributed by atoms with van der Waals surface area (Å²) in [4.78, 5) is 31.9. The van der Waals surface area contributed by atoms with E-state index in [0.717, 1.165) is 16.5 Å². The van der Waals surface area contributed by atoms with Gasteiger partial charge >= 0.3 is 0 Å². The lowest BCUT2D eigenvalue weighted by Gasteiger charge is -2.29. The van der Waals surface area contributed by atoms with Crippen LogP contribution in [0.3, 0.4) is 0 Å². The molecule has 1 heterocycles. The van der Waals surface area contributed by atoms with E-state index < -0.39 is 0 Å². The molecule has 0 fully saturated rings. The van der Waals surface area contributed by atoms with Crippen LogP contribution in [0.15, 0.2) is 64.1 Å². The molecule has 0 spiro atoms. The lowest BCUT2D eigenvalue weighted by Crippen LogP contribution is -2.41. The van der Waals surface area contributed by atoms with E-state index in [1.807, 2.05) is 48.2 Å².